The summed E-state index contributed by atoms with van der Waals surface area (Å²) >= 11 is 0. The molecule has 0 saturated heterocycles. The van der Waals surface area contributed by atoms with Crippen molar-refractivity contribution in [2.75, 3.05) is 13.2 Å². The monoisotopic (exact) mass is 241 g/mol. The van der Waals surface area contributed by atoms with E-state index in [0.29, 0.717) is 0 Å². The van der Waals surface area contributed by atoms with E-state index in [-0.39, 0.29) is 18.0 Å². The Bertz CT molecular complexity index is 486. The Labute approximate surface area is 93.9 Å². The summed E-state index contributed by atoms with van der Waals surface area (Å²) in [6.07, 6.45) is 1.30. The lowest BCUT2D eigenvalue weighted by Gasteiger charge is -2.03. The zero-order chi connectivity index (χ0) is 12.0. The molecule has 1 rings (SSSR count). The van der Waals surface area contributed by atoms with Gasteiger partial charge in [0.25, 0.3) is 10.1 Å². The second-order valence-electron chi connectivity index (χ2n) is 3.06. The topological polar surface area (TPSA) is 72.8 Å². The highest BCUT2D eigenvalue weighted by Gasteiger charge is 2.13. The normalized spacial score (nSPS) is 10.8. The van der Waals surface area contributed by atoms with E-state index in [2.05, 4.69) is 9.18 Å². The Morgan fingerprint density at radius 2 is 1.94 bits per heavy atom. The highest BCUT2D eigenvalue weighted by atomic mass is 32.2. The van der Waals surface area contributed by atoms with Gasteiger partial charge in [-0.3, -0.25) is 4.18 Å². The number of carbonyl (C=O) groups excluding carboxylic acids is 1. The van der Waals surface area contributed by atoms with Gasteiger partial charge < -0.3 is 0 Å². The van der Waals surface area contributed by atoms with E-state index in [1.54, 1.807) is 12.1 Å². The quantitative estimate of drug-likeness (QED) is 0.334. The van der Waals surface area contributed by atoms with Crippen LogP contribution in [0.25, 0.3) is 0 Å². The van der Waals surface area contributed by atoms with Gasteiger partial charge in [0.05, 0.1) is 18.0 Å². The Morgan fingerprint density at radius 3 is 2.50 bits per heavy atom. The first-order valence-corrected chi connectivity index (χ1v) is 5.97. The summed E-state index contributed by atoms with van der Waals surface area (Å²) < 4.78 is 27.7. The van der Waals surface area contributed by atoms with Gasteiger partial charge in [-0.05, 0) is 19.1 Å². The summed E-state index contributed by atoms with van der Waals surface area (Å²) in [6.45, 7) is 1.68. The van der Waals surface area contributed by atoms with Crippen molar-refractivity contribution >= 4 is 16.2 Å². The molecule has 0 radical (unpaired) electrons. The number of hydrogen-bond acceptors (Lipinski definition) is 5. The molecule has 0 N–H and O–H groups in total. The first kappa shape index (κ1) is 12.6. The van der Waals surface area contributed by atoms with Crippen LogP contribution in [0.3, 0.4) is 0 Å². The van der Waals surface area contributed by atoms with Crippen LogP contribution in [0.5, 0.6) is 0 Å². The first-order valence-electron chi connectivity index (χ1n) is 4.56. The van der Waals surface area contributed by atoms with Crippen molar-refractivity contribution in [2.24, 2.45) is 4.99 Å². The maximum atomic E-state index is 11.5. The van der Waals surface area contributed by atoms with Gasteiger partial charge in [-0.1, -0.05) is 17.7 Å². The fraction of sp³-hybridized carbons (Fsp3) is 0.300. The van der Waals surface area contributed by atoms with Crippen LogP contribution in [0, 0.1) is 6.92 Å². The van der Waals surface area contributed by atoms with Gasteiger partial charge in [-0.2, -0.15) is 8.42 Å². The van der Waals surface area contributed by atoms with Gasteiger partial charge in [0, 0.05) is 0 Å². The summed E-state index contributed by atoms with van der Waals surface area (Å²) in [5, 5.41) is 0. The zero-order valence-corrected chi connectivity index (χ0v) is 9.53. The Balaban J connectivity index is 2.70. The molecule has 5 nitrogen and oxygen atoms in total. The standard InChI is InChI=1S/C10H11NO4S/c1-9-2-4-10(5-3-9)16(13,14)15-7-6-11-8-12/h2-5H,6-7H2,1H3. The van der Waals surface area contributed by atoms with Crippen molar-refractivity contribution in [3.05, 3.63) is 29.8 Å². The van der Waals surface area contributed by atoms with Crippen LogP contribution >= 0.6 is 0 Å². The molecule has 6 heteroatoms. The van der Waals surface area contributed by atoms with E-state index in [4.69, 9.17) is 0 Å². The summed E-state index contributed by atoms with van der Waals surface area (Å²) in [5.74, 6) is 0. The highest BCUT2D eigenvalue weighted by Crippen LogP contribution is 2.12. The Hall–Kier alpha value is -1.49. The third kappa shape index (κ3) is 3.58. The average molecular weight is 241 g/mol. The molecule has 0 aromatic heterocycles. The molecule has 0 saturated carbocycles. The van der Waals surface area contributed by atoms with E-state index in [0.717, 1.165) is 5.56 Å². The minimum absolute atomic E-state index is 0.0193. The SMILES string of the molecule is Cc1ccc(S(=O)(=O)OCCN=C=O)cc1. The third-order valence-electron chi connectivity index (χ3n) is 1.82. The van der Waals surface area contributed by atoms with Crippen LogP contribution in [0.4, 0.5) is 0 Å². The van der Waals surface area contributed by atoms with Crippen LogP contribution in [0.15, 0.2) is 34.2 Å². The number of hydrogen-bond donors (Lipinski definition) is 0. The van der Waals surface area contributed by atoms with Crippen molar-refractivity contribution < 1.29 is 17.4 Å². The average Bonchev–Trinajstić information content (AvgIpc) is 2.25. The Kier molecular flexibility index (Phi) is 4.37. The highest BCUT2D eigenvalue weighted by molar-refractivity contribution is 7.86. The van der Waals surface area contributed by atoms with Crippen LogP contribution < -0.4 is 0 Å². The van der Waals surface area contributed by atoms with Crippen molar-refractivity contribution in [3.63, 3.8) is 0 Å². The van der Waals surface area contributed by atoms with Crippen molar-refractivity contribution in [3.8, 4) is 0 Å². The van der Waals surface area contributed by atoms with Crippen molar-refractivity contribution in [2.45, 2.75) is 11.8 Å². The fourth-order valence-corrected chi connectivity index (χ4v) is 1.91. The van der Waals surface area contributed by atoms with Crippen LogP contribution in [0.2, 0.25) is 0 Å². The van der Waals surface area contributed by atoms with Crippen LogP contribution in [-0.4, -0.2) is 27.6 Å². The zero-order valence-electron chi connectivity index (χ0n) is 8.71. The molecule has 0 fully saturated rings. The molecule has 0 amide bonds. The van der Waals surface area contributed by atoms with E-state index >= 15 is 0 Å². The molecule has 0 aliphatic carbocycles. The van der Waals surface area contributed by atoms with Crippen LogP contribution in [0.1, 0.15) is 5.56 Å². The smallest absolute Gasteiger partial charge is 0.264 e. The summed E-state index contributed by atoms with van der Waals surface area (Å²) in [7, 11) is -3.75. The molecule has 0 bridgehead atoms. The molecule has 86 valence electrons. The molecule has 0 aliphatic heterocycles. The molecular formula is C10H11NO4S. The lowest BCUT2D eigenvalue weighted by atomic mass is 10.2. The number of isocyanates is 1. The fourth-order valence-electron chi connectivity index (χ4n) is 1.01. The van der Waals surface area contributed by atoms with Gasteiger partial charge in [-0.25, -0.2) is 9.79 Å². The third-order valence-corrected chi connectivity index (χ3v) is 3.14. The molecule has 1 aromatic rings. The van der Waals surface area contributed by atoms with Gasteiger partial charge in [0.15, 0.2) is 0 Å². The van der Waals surface area contributed by atoms with Gasteiger partial charge in [0.1, 0.15) is 0 Å². The van der Waals surface area contributed by atoms with E-state index < -0.39 is 10.1 Å². The lowest BCUT2D eigenvalue weighted by Crippen LogP contribution is -2.09. The number of nitrogens with zero attached hydrogens (tertiary/aromatic N) is 1. The molecule has 0 heterocycles. The van der Waals surface area contributed by atoms with Gasteiger partial charge in [0.2, 0.25) is 6.08 Å². The Morgan fingerprint density at radius 1 is 1.31 bits per heavy atom. The number of aryl methyl sites for hydroxylation is 1. The minimum Gasteiger partial charge on any atom is -0.264 e. The maximum absolute atomic E-state index is 11.5. The minimum atomic E-state index is -3.75. The predicted molar refractivity (Wildman–Crippen MR) is 57.3 cm³/mol. The number of rotatable bonds is 5. The summed E-state index contributed by atoms with van der Waals surface area (Å²) in [6, 6.07) is 6.29. The molecular weight excluding hydrogens is 230 g/mol. The number of aliphatic imine (C=N–C) groups is 1. The maximum Gasteiger partial charge on any atom is 0.297 e. The molecule has 0 atom stereocenters. The van der Waals surface area contributed by atoms with Crippen molar-refractivity contribution in [1.82, 2.24) is 0 Å². The molecule has 16 heavy (non-hydrogen) atoms. The second-order valence-corrected chi connectivity index (χ2v) is 4.68. The molecule has 0 unspecified atom stereocenters. The predicted octanol–water partition coefficient (Wildman–Crippen LogP) is 1.04. The largest absolute Gasteiger partial charge is 0.297 e. The molecule has 0 spiro atoms. The summed E-state index contributed by atoms with van der Waals surface area (Å²) in [4.78, 5) is 13.0. The molecule has 1 aromatic carbocycles. The molecule has 0 aliphatic rings. The second kappa shape index (κ2) is 5.55. The summed E-state index contributed by atoms with van der Waals surface area (Å²) in [5.41, 5.74) is 0.963. The van der Waals surface area contributed by atoms with E-state index in [9.17, 15) is 13.2 Å². The van der Waals surface area contributed by atoms with Gasteiger partial charge in [-0.15, -0.1) is 0 Å². The lowest BCUT2D eigenvalue weighted by molar-refractivity contribution is 0.328. The van der Waals surface area contributed by atoms with Gasteiger partial charge >= 0.3 is 0 Å². The number of benzene rings is 1. The van der Waals surface area contributed by atoms with E-state index in [1.165, 1.54) is 18.2 Å². The first-order chi connectivity index (χ1) is 7.56. The van der Waals surface area contributed by atoms with Crippen LogP contribution in [-0.2, 0) is 19.1 Å². The van der Waals surface area contributed by atoms with Crippen molar-refractivity contribution in [1.29, 1.82) is 0 Å². The van der Waals surface area contributed by atoms with E-state index in [1.807, 2.05) is 6.92 Å².